The highest BCUT2D eigenvalue weighted by molar-refractivity contribution is 5.37. The van der Waals surface area contributed by atoms with Gasteiger partial charge in [-0.15, -0.1) is 0 Å². The molecule has 1 aromatic carbocycles. The molecule has 2 aliphatic rings. The quantitative estimate of drug-likeness (QED) is 0.672. The molecule has 0 saturated carbocycles. The first kappa shape index (κ1) is 8.38. The second-order valence-electron chi connectivity index (χ2n) is 3.89. The molecule has 0 aromatic heterocycles. The van der Waals surface area contributed by atoms with Gasteiger partial charge in [0.05, 0.1) is 18.8 Å². The average Bonchev–Trinajstić information content (AvgIpc) is 2.54. The van der Waals surface area contributed by atoms with Crippen molar-refractivity contribution >= 4 is 0 Å². The van der Waals surface area contributed by atoms with Crippen LogP contribution in [0, 0.1) is 5.82 Å². The Kier molecular flexibility index (Phi) is 1.82. The molecule has 3 heteroatoms. The molecule has 0 spiro atoms. The van der Waals surface area contributed by atoms with Gasteiger partial charge in [0.25, 0.3) is 0 Å². The molecule has 2 unspecified atom stereocenters. The first-order chi connectivity index (χ1) is 6.84. The average molecular weight is 193 g/mol. The molecule has 2 atom stereocenters. The minimum Gasteiger partial charge on any atom is -0.375 e. The van der Waals surface area contributed by atoms with Gasteiger partial charge in [0, 0.05) is 13.0 Å². The van der Waals surface area contributed by atoms with Gasteiger partial charge in [0.1, 0.15) is 5.82 Å². The van der Waals surface area contributed by atoms with E-state index in [2.05, 4.69) is 5.32 Å². The largest absolute Gasteiger partial charge is 0.375 e. The number of halogens is 1. The monoisotopic (exact) mass is 193 g/mol. The second kappa shape index (κ2) is 3.04. The van der Waals surface area contributed by atoms with Crippen molar-refractivity contribution in [1.82, 2.24) is 5.32 Å². The Morgan fingerprint density at radius 2 is 2.36 bits per heavy atom. The summed E-state index contributed by atoms with van der Waals surface area (Å²) in [5.74, 6) is -0.151. The summed E-state index contributed by atoms with van der Waals surface area (Å²) in [5.41, 5.74) is 2.30. The second-order valence-corrected chi connectivity index (χ2v) is 3.89. The molecule has 1 aromatic rings. The van der Waals surface area contributed by atoms with Crippen LogP contribution in [-0.2, 0) is 11.2 Å². The van der Waals surface area contributed by atoms with E-state index in [4.69, 9.17) is 4.74 Å². The van der Waals surface area contributed by atoms with Crippen LogP contribution in [0.4, 0.5) is 4.39 Å². The molecule has 74 valence electrons. The summed E-state index contributed by atoms with van der Waals surface area (Å²) in [5, 5.41) is 3.41. The van der Waals surface area contributed by atoms with Crippen LogP contribution in [0.3, 0.4) is 0 Å². The van der Waals surface area contributed by atoms with Crippen molar-refractivity contribution in [3.63, 3.8) is 0 Å². The maximum Gasteiger partial charge on any atom is 0.123 e. The first-order valence-corrected chi connectivity index (χ1v) is 4.98. The molecule has 3 rings (SSSR count). The van der Waals surface area contributed by atoms with Crippen molar-refractivity contribution in [2.24, 2.45) is 0 Å². The zero-order valence-corrected chi connectivity index (χ0v) is 7.79. The molecule has 1 saturated heterocycles. The van der Waals surface area contributed by atoms with E-state index in [9.17, 15) is 4.39 Å². The fourth-order valence-electron chi connectivity index (χ4n) is 2.41. The Hall–Kier alpha value is -0.930. The third-order valence-electron chi connectivity index (χ3n) is 3.03. The Morgan fingerprint density at radius 3 is 3.29 bits per heavy atom. The van der Waals surface area contributed by atoms with Gasteiger partial charge >= 0.3 is 0 Å². The van der Waals surface area contributed by atoms with Crippen LogP contribution in [0.15, 0.2) is 18.2 Å². The van der Waals surface area contributed by atoms with Gasteiger partial charge in [-0.05, 0) is 23.3 Å². The zero-order chi connectivity index (χ0) is 9.54. The molecular weight excluding hydrogens is 181 g/mol. The van der Waals surface area contributed by atoms with Gasteiger partial charge in [-0.3, -0.25) is 0 Å². The van der Waals surface area contributed by atoms with E-state index < -0.39 is 0 Å². The Balaban J connectivity index is 2.01. The molecule has 0 bridgehead atoms. The molecule has 1 aliphatic carbocycles. The van der Waals surface area contributed by atoms with Gasteiger partial charge < -0.3 is 10.1 Å². The molecule has 1 N–H and O–H groups in total. The fraction of sp³-hybridized carbons (Fsp3) is 0.455. The number of rotatable bonds is 0. The lowest BCUT2D eigenvalue weighted by molar-refractivity contribution is 0.00503. The number of ether oxygens (including phenoxy) is 1. The Labute approximate surface area is 82.1 Å². The summed E-state index contributed by atoms with van der Waals surface area (Å²) < 4.78 is 18.6. The first-order valence-electron chi connectivity index (χ1n) is 4.98. The summed E-state index contributed by atoms with van der Waals surface area (Å²) in [7, 11) is 0. The van der Waals surface area contributed by atoms with Crippen LogP contribution in [0.25, 0.3) is 0 Å². The van der Waals surface area contributed by atoms with Gasteiger partial charge in [-0.25, -0.2) is 4.39 Å². The number of benzene rings is 1. The van der Waals surface area contributed by atoms with Gasteiger partial charge in [0.2, 0.25) is 0 Å². The molecule has 0 amide bonds. The lowest BCUT2D eigenvalue weighted by Gasteiger charge is -2.27. The van der Waals surface area contributed by atoms with Crippen LogP contribution in [0.5, 0.6) is 0 Å². The Bertz CT molecular complexity index is 366. The number of nitrogens with one attached hydrogen (secondary N) is 1. The minimum atomic E-state index is -0.151. The van der Waals surface area contributed by atoms with Gasteiger partial charge in [0.15, 0.2) is 0 Å². The van der Waals surface area contributed by atoms with Crippen LogP contribution in [0.2, 0.25) is 0 Å². The van der Waals surface area contributed by atoms with E-state index in [1.807, 2.05) is 6.07 Å². The summed E-state index contributed by atoms with van der Waals surface area (Å²) in [4.78, 5) is 0. The molecule has 2 nitrogen and oxygen atoms in total. The number of hydrogen-bond acceptors (Lipinski definition) is 2. The number of morpholine rings is 1. The summed E-state index contributed by atoms with van der Waals surface area (Å²) in [6, 6.07) is 5.30. The SMILES string of the molecule is Fc1ccc2c(c1)CC1OCCNC21. The van der Waals surface area contributed by atoms with Crippen molar-refractivity contribution in [2.75, 3.05) is 13.2 Å². The van der Waals surface area contributed by atoms with E-state index in [1.54, 1.807) is 6.07 Å². The van der Waals surface area contributed by atoms with Crippen molar-refractivity contribution < 1.29 is 9.13 Å². The summed E-state index contributed by atoms with van der Waals surface area (Å²) in [6.07, 6.45) is 1.05. The molecule has 14 heavy (non-hydrogen) atoms. The maximum atomic E-state index is 13.0. The van der Waals surface area contributed by atoms with Crippen molar-refractivity contribution in [3.05, 3.63) is 35.1 Å². The normalized spacial score (nSPS) is 29.8. The Morgan fingerprint density at radius 1 is 1.43 bits per heavy atom. The van der Waals surface area contributed by atoms with Crippen LogP contribution in [0.1, 0.15) is 17.2 Å². The predicted octanol–water partition coefficient (Wildman–Crippen LogP) is 1.41. The van der Waals surface area contributed by atoms with Crippen LogP contribution < -0.4 is 5.32 Å². The van der Waals surface area contributed by atoms with E-state index in [0.717, 1.165) is 25.1 Å². The van der Waals surface area contributed by atoms with Crippen molar-refractivity contribution in [3.8, 4) is 0 Å². The fourth-order valence-corrected chi connectivity index (χ4v) is 2.41. The highest BCUT2D eigenvalue weighted by Gasteiger charge is 2.34. The molecule has 1 heterocycles. The molecule has 1 fully saturated rings. The molecule has 0 radical (unpaired) electrons. The third kappa shape index (κ3) is 1.16. The number of hydrogen-bond donors (Lipinski definition) is 1. The standard InChI is InChI=1S/C11H12FNO/c12-8-1-2-9-7(5-8)6-10-11(9)13-3-4-14-10/h1-2,5,10-11,13H,3-4,6H2. The zero-order valence-electron chi connectivity index (χ0n) is 7.79. The van der Waals surface area contributed by atoms with Gasteiger partial charge in [-0.1, -0.05) is 6.07 Å². The lowest BCUT2D eigenvalue weighted by Crippen LogP contribution is -2.39. The van der Waals surface area contributed by atoms with Crippen molar-refractivity contribution in [1.29, 1.82) is 0 Å². The van der Waals surface area contributed by atoms with E-state index in [-0.39, 0.29) is 18.0 Å². The van der Waals surface area contributed by atoms with E-state index >= 15 is 0 Å². The van der Waals surface area contributed by atoms with E-state index in [1.165, 1.54) is 11.6 Å². The molecule has 1 aliphatic heterocycles. The minimum absolute atomic E-state index is 0.151. The highest BCUT2D eigenvalue weighted by Crippen LogP contribution is 2.34. The number of fused-ring (bicyclic) bond motifs is 3. The predicted molar refractivity (Wildman–Crippen MR) is 50.6 cm³/mol. The smallest absolute Gasteiger partial charge is 0.123 e. The van der Waals surface area contributed by atoms with Gasteiger partial charge in [-0.2, -0.15) is 0 Å². The lowest BCUT2D eigenvalue weighted by atomic mass is 10.1. The molecular formula is C11H12FNO. The summed E-state index contributed by atoms with van der Waals surface area (Å²) in [6.45, 7) is 1.65. The third-order valence-corrected chi connectivity index (χ3v) is 3.03. The summed E-state index contributed by atoms with van der Waals surface area (Å²) >= 11 is 0. The maximum absolute atomic E-state index is 13.0. The van der Waals surface area contributed by atoms with E-state index in [0.29, 0.717) is 0 Å². The topological polar surface area (TPSA) is 21.3 Å². The highest BCUT2D eigenvalue weighted by atomic mass is 19.1. The van der Waals surface area contributed by atoms with Crippen LogP contribution in [-0.4, -0.2) is 19.3 Å². The van der Waals surface area contributed by atoms with Crippen LogP contribution >= 0.6 is 0 Å². The van der Waals surface area contributed by atoms with Crippen molar-refractivity contribution in [2.45, 2.75) is 18.6 Å².